The molecule has 0 aromatic carbocycles. The van der Waals surface area contributed by atoms with Crippen LogP contribution in [0.3, 0.4) is 0 Å². The minimum atomic E-state index is 0.245. The molecule has 2 heterocycles. The van der Waals surface area contributed by atoms with Crippen molar-refractivity contribution >= 4 is 5.91 Å². The summed E-state index contributed by atoms with van der Waals surface area (Å²) >= 11 is 0. The lowest BCUT2D eigenvalue weighted by molar-refractivity contribution is -0.135. The summed E-state index contributed by atoms with van der Waals surface area (Å²) in [6.07, 6.45) is 6.87. The second kappa shape index (κ2) is 5.43. The highest BCUT2D eigenvalue weighted by Crippen LogP contribution is 2.58. The fraction of sp³-hybridized carbons (Fsp3) is 0.812. The molecule has 116 valence electrons. The van der Waals surface area contributed by atoms with Gasteiger partial charge in [-0.25, -0.2) is 0 Å². The number of rotatable bonds is 4. The Morgan fingerprint density at radius 2 is 2.10 bits per heavy atom. The van der Waals surface area contributed by atoms with E-state index in [-0.39, 0.29) is 11.3 Å². The normalized spacial score (nSPS) is 29.9. The van der Waals surface area contributed by atoms with E-state index >= 15 is 0 Å². The molecule has 0 N–H and O–H groups in total. The molecule has 3 rings (SSSR count). The van der Waals surface area contributed by atoms with Gasteiger partial charge in [0.05, 0.1) is 6.20 Å². The van der Waals surface area contributed by atoms with Crippen molar-refractivity contribution in [3.05, 3.63) is 12.4 Å². The Hall–Kier alpha value is -1.39. The van der Waals surface area contributed by atoms with Gasteiger partial charge in [0.1, 0.15) is 0 Å². The highest BCUT2D eigenvalue weighted by atomic mass is 16.2. The van der Waals surface area contributed by atoms with Gasteiger partial charge >= 0.3 is 0 Å². The van der Waals surface area contributed by atoms with Gasteiger partial charge in [-0.2, -0.15) is 0 Å². The van der Waals surface area contributed by atoms with Gasteiger partial charge < -0.3 is 4.90 Å². The Morgan fingerprint density at radius 3 is 2.62 bits per heavy atom. The first-order valence-corrected chi connectivity index (χ1v) is 8.13. The van der Waals surface area contributed by atoms with E-state index in [0.717, 1.165) is 38.9 Å². The molecule has 5 nitrogen and oxygen atoms in total. The first-order chi connectivity index (χ1) is 10.0. The van der Waals surface area contributed by atoms with Crippen molar-refractivity contribution in [1.82, 2.24) is 19.9 Å². The first-order valence-electron chi connectivity index (χ1n) is 8.13. The smallest absolute Gasteiger partial charge is 0.226 e. The van der Waals surface area contributed by atoms with Gasteiger partial charge in [0, 0.05) is 31.7 Å². The number of carbonyl (C=O) groups is 1. The molecule has 5 heteroatoms. The number of piperidine rings is 1. The summed E-state index contributed by atoms with van der Waals surface area (Å²) in [5, 5.41) is 7.87. The number of likely N-dealkylation sites (tertiary alicyclic amines) is 1. The Morgan fingerprint density at radius 1 is 1.38 bits per heavy atom. The van der Waals surface area contributed by atoms with E-state index in [1.807, 2.05) is 10.9 Å². The van der Waals surface area contributed by atoms with E-state index < -0.39 is 0 Å². The van der Waals surface area contributed by atoms with Crippen LogP contribution in [0.1, 0.15) is 40.0 Å². The summed E-state index contributed by atoms with van der Waals surface area (Å²) < 4.78 is 1.90. The van der Waals surface area contributed by atoms with E-state index in [1.54, 1.807) is 6.20 Å². The van der Waals surface area contributed by atoms with Crippen LogP contribution in [-0.2, 0) is 11.3 Å². The van der Waals surface area contributed by atoms with Crippen LogP contribution in [0, 0.1) is 23.2 Å². The van der Waals surface area contributed by atoms with Crippen molar-refractivity contribution in [2.75, 3.05) is 13.1 Å². The summed E-state index contributed by atoms with van der Waals surface area (Å²) in [4.78, 5) is 14.7. The molecule has 1 saturated heterocycles. The molecule has 1 aromatic heterocycles. The molecule has 2 unspecified atom stereocenters. The van der Waals surface area contributed by atoms with Crippen LogP contribution in [0.4, 0.5) is 0 Å². The van der Waals surface area contributed by atoms with Gasteiger partial charge in [-0.15, -0.1) is 5.10 Å². The van der Waals surface area contributed by atoms with Gasteiger partial charge in [-0.05, 0) is 36.5 Å². The van der Waals surface area contributed by atoms with Crippen LogP contribution in [-0.4, -0.2) is 38.9 Å². The molecule has 2 atom stereocenters. The highest BCUT2D eigenvalue weighted by molar-refractivity contribution is 5.82. The van der Waals surface area contributed by atoms with Crippen LogP contribution in [0.5, 0.6) is 0 Å². The maximum Gasteiger partial charge on any atom is 0.226 e. The lowest BCUT2D eigenvalue weighted by Crippen LogP contribution is -2.41. The fourth-order valence-corrected chi connectivity index (χ4v) is 3.54. The molecule has 21 heavy (non-hydrogen) atoms. The fourth-order valence-electron chi connectivity index (χ4n) is 3.54. The van der Waals surface area contributed by atoms with Crippen molar-refractivity contribution in [2.24, 2.45) is 23.2 Å². The number of hydrogen-bond acceptors (Lipinski definition) is 3. The average Bonchev–Trinajstić information content (AvgIpc) is 2.92. The predicted molar refractivity (Wildman–Crippen MR) is 80.4 cm³/mol. The number of nitrogens with zero attached hydrogens (tertiary/aromatic N) is 4. The topological polar surface area (TPSA) is 51.0 Å². The van der Waals surface area contributed by atoms with Gasteiger partial charge in [0.25, 0.3) is 0 Å². The third-order valence-electron chi connectivity index (χ3n) is 5.74. The van der Waals surface area contributed by atoms with Gasteiger partial charge in [-0.1, -0.05) is 26.0 Å². The molecule has 2 aliphatic rings. The second-order valence-corrected chi connectivity index (χ2v) is 7.31. The Labute approximate surface area is 126 Å². The minimum Gasteiger partial charge on any atom is -0.342 e. The standard InChI is InChI=1S/C16H26N4O/c1-12(2)16(3)10-14(16)15(21)19-7-4-13(5-8-19)11-20-9-6-17-18-20/h6,9,12-14H,4-5,7-8,10-11H2,1-3H3. The quantitative estimate of drug-likeness (QED) is 0.854. The summed E-state index contributed by atoms with van der Waals surface area (Å²) in [7, 11) is 0. The van der Waals surface area contributed by atoms with Crippen LogP contribution in [0.2, 0.25) is 0 Å². The number of aromatic nitrogens is 3. The molecule has 1 aliphatic heterocycles. The Balaban J connectivity index is 1.49. The van der Waals surface area contributed by atoms with E-state index in [1.165, 1.54) is 0 Å². The molecule has 1 saturated carbocycles. The van der Waals surface area contributed by atoms with Gasteiger partial charge in [-0.3, -0.25) is 9.48 Å². The van der Waals surface area contributed by atoms with Crippen molar-refractivity contribution in [3.63, 3.8) is 0 Å². The third-order valence-corrected chi connectivity index (χ3v) is 5.74. The predicted octanol–water partition coefficient (Wildman–Crippen LogP) is 2.20. The zero-order valence-corrected chi connectivity index (χ0v) is 13.3. The van der Waals surface area contributed by atoms with E-state index in [4.69, 9.17) is 0 Å². The molecule has 0 bridgehead atoms. The van der Waals surface area contributed by atoms with Crippen LogP contribution in [0.15, 0.2) is 12.4 Å². The Bertz CT molecular complexity index is 490. The summed E-state index contributed by atoms with van der Waals surface area (Å²) in [6.45, 7) is 9.47. The maximum atomic E-state index is 12.6. The monoisotopic (exact) mass is 290 g/mol. The molecule has 1 aliphatic carbocycles. The lowest BCUT2D eigenvalue weighted by Gasteiger charge is -2.32. The molecule has 0 radical (unpaired) electrons. The zero-order valence-electron chi connectivity index (χ0n) is 13.3. The summed E-state index contributed by atoms with van der Waals surface area (Å²) in [5.74, 6) is 1.87. The zero-order chi connectivity index (χ0) is 15.0. The number of carbonyl (C=O) groups excluding carboxylic acids is 1. The molecular formula is C16H26N4O. The van der Waals surface area contributed by atoms with Crippen LogP contribution < -0.4 is 0 Å². The lowest BCUT2D eigenvalue weighted by atomic mass is 9.91. The van der Waals surface area contributed by atoms with Gasteiger partial charge in [0.2, 0.25) is 5.91 Å². The number of hydrogen-bond donors (Lipinski definition) is 0. The number of amides is 1. The van der Waals surface area contributed by atoms with Gasteiger partial charge in [0.15, 0.2) is 0 Å². The molecule has 1 aromatic rings. The van der Waals surface area contributed by atoms with E-state index in [9.17, 15) is 4.79 Å². The average molecular weight is 290 g/mol. The molecular weight excluding hydrogens is 264 g/mol. The first kappa shape index (κ1) is 14.5. The van der Waals surface area contributed by atoms with Crippen molar-refractivity contribution in [3.8, 4) is 0 Å². The third kappa shape index (κ3) is 2.83. The second-order valence-electron chi connectivity index (χ2n) is 7.31. The van der Waals surface area contributed by atoms with E-state index in [2.05, 4.69) is 36.0 Å². The van der Waals surface area contributed by atoms with E-state index in [0.29, 0.717) is 17.7 Å². The highest BCUT2D eigenvalue weighted by Gasteiger charge is 2.57. The molecule has 0 spiro atoms. The Kier molecular flexibility index (Phi) is 3.76. The van der Waals surface area contributed by atoms with Crippen LogP contribution in [0.25, 0.3) is 0 Å². The molecule has 2 fully saturated rings. The summed E-state index contributed by atoms with van der Waals surface area (Å²) in [5.41, 5.74) is 0.245. The van der Waals surface area contributed by atoms with Crippen molar-refractivity contribution < 1.29 is 4.79 Å². The SMILES string of the molecule is CC(C)C1(C)CC1C(=O)N1CCC(Cn2ccnn2)CC1. The maximum absolute atomic E-state index is 12.6. The largest absolute Gasteiger partial charge is 0.342 e. The molecule has 1 amide bonds. The van der Waals surface area contributed by atoms with Crippen molar-refractivity contribution in [1.29, 1.82) is 0 Å². The van der Waals surface area contributed by atoms with Crippen LogP contribution >= 0.6 is 0 Å². The van der Waals surface area contributed by atoms with Crippen molar-refractivity contribution in [2.45, 2.75) is 46.6 Å². The summed E-state index contributed by atoms with van der Waals surface area (Å²) in [6, 6.07) is 0. The minimum absolute atomic E-state index is 0.245.